The van der Waals surface area contributed by atoms with Crippen LogP contribution in [0.15, 0.2) is 12.2 Å². The smallest absolute Gasteiger partial charge is 0.333 e. The van der Waals surface area contributed by atoms with E-state index in [0.717, 1.165) is 25.1 Å². The van der Waals surface area contributed by atoms with E-state index in [4.69, 9.17) is 16.3 Å². The van der Waals surface area contributed by atoms with Crippen molar-refractivity contribution >= 4 is 17.6 Å². The fourth-order valence-corrected chi connectivity index (χ4v) is 1.38. The van der Waals surface area contributed by atoms with Crippen molar-refractivity contribution in [2.75, 3.05) is 12.5 Å². The molecule has 0 fully saturated rings. The molecule has 0 atom stereocenters. The maximum Gasteiger partial charge on any atom is 0.333 e. The van der Waals surface area contributed by atoms with Crippen LogP contribution in [0.4, 0.5) is 0 Å². The third-order valence-electron chi connectivity index (χ3n) is 2.11. The molecular formula is C12H21ClO2. The Morgan fingerprint density at radius 1 is 1.13 bits per heavy atom. The summed E-state index contributed by atoms with van der Waals surface area (Å²) in [5.41, 5.74) is 0.470. The van der Waals surface area contributed by atoms with Crippen molar-refractivity contribution in [2.45, 2.75) is 45.4 Å². The minimum atomic E-state index is -0.280. The van der Waals surface area contributed by atoms with Crippen LogP contribution in [0, 0.1) is 0 Å². The van der Waals surface area contributed by atoms with Gasteiger partial charge in [-0.1, -0.05) is 32.3 Å². The molecule has 0 aliphatic heterocycles. The van der Waals surface area contributed by atoms with Crippen LogP contribution >= 0.6 is 11.6 Å². The molecule has 0 radical (unpaired) electrons. The molecule has 0 saturated heterocycles. The van der Waals surface area contributed by atoms with Crippen LogP contribution in [-0.2, 0) is 9.53 Å². The van der Waals surface area contributed by atoms with E-state index in [1.807, 2.05) is 0 Å². The molecule has 88 valence electrons. The van der Waals surface area contributed by atoms with Gasteiger partial charge < -0.3 is 4.74 Å². The highest BCUT2D eigenvalue weighted by Gasteiger charge is 2.01. The lowest BCUT2D eigenvalue weighted by Crippen LogP contribution is -2.05. The van der Waals surface area contributed by atoms with Crippen molar-refractivity contribution in [3.05, 3.63) is 12.2 Å². The highest BCUT2D eigenvalue weighted by Crippen LogP contribution is 2.06. The van der Waals surface area contributed by atoms with E-state index >= 15 is 0 Å². The zero-order valence-corrected chi connectivity index (χ0v) is 10.3. The van der Waals surface area contributed by atoms with Gasteiger partial charge in [-0.05, 0) is 19.8 Å². The summed E-state index contributed by atoms with van der Waals surface area (Å²) in [6, 6.07) is 0. The quantitative estimate of drug-likeness (QED) is 0.262. The first kappa shape index (κ1) is 14.5. The largest absolute Gasteiger partial charge is 0.462 e. The first-order valence-corrected chi connectivity index (χ1v) is 6.10. The molecule has 0 saturated carbocycles. The monoisotopic (exact) mass is 232 g/mol. The number of unbranched alkanes of at least 4 members (excludes halogenated alkanes) is 5. The molecule has 3 heteroatoms. The lowest BCUT2D eigenvalue weighted by atomic mass is 10.1. The van der Waals surface area contributed by atoms with Crippen LogP contribution < -0.4 is 0 Å². The molecule has 0 aliphatic carbocycles. The summed E-state index contributed by atoms with van der Waals surface area (Å²) >= 11 is 5.56. The molecule has 0 spiro atoms. The Bertz CT molecular complexity index is 190. The van der Waals surface area contributed by atoms with E-state index in [2.05, 4.69) is 6.58 Å². The lowest BCUT2D eigenvalue weighted by Gasteiger charge is -2.03. The predicted molar refractivity (Wildman–Crippen MR) is 64.2 cm³/mol. The minimum Gasteiger partial charge on any atom is -0.462 e. The SMILES string of the molecule is C=C(C)C(=O)OCCCCCCCCCl. The van der Waals surface area contributed by atoms with Gasteiger partial charge in [-0.15, -0.1) is 11.6 Å². The summed E-state index contributed by atoms with van der Waals surface area (Å²) in [5.74, 6) is 0.480. The van der Waals surface area contributed by atoms with Gasteiger partial charge in [0, 0.05) is 11.5 Å². The fraction of sp³-hybridized carbons (Fsp3) is 0.750. The molecule has 2 nitrogen and oxygen atoms in total. The number of hydrogen-bond acceptors (Lipinski definition) is 2. The summed E-state index contributed by atoms with van der Waals surface area (Å²) in [7, 11) is 0. The third kappa shape index (κ3) is 9.80. The zero-order valence-electron chi connectivity index (χ0n) is 9.56. The molecule has 0 aromatic rings. The summed E-state index contributed by atoms with van der Waals surface area (Å²) in [5, 5.41) is 0. The Kier molecular flexibility index (Phi) is 9.70. The molecule has 0 unspecified atom stereocenters. The van der Waals surface area contributed by atoms with Crippen LogP contribution in [0.5, 0.6) is 0 Å². The van der Waals surface area contributed by atoms with Gasteiger partial charge in [0.2, 0.25) is 0 Å². The number of esters is 1. The van der Waals surface area contributed by atoms with Crippen LogP contribution in [0.25, 0.3) is 0 Å². The second-order valence-electron chi connectivity index (χ2n) is 3.73. The number of hydrogen-bond donors (Lipinski definition) is 0. The molecule has 0 aromatic heterocycles. The van der Waals surface area contributed by atoms with Gasteiger partial charge in [-0.2, -0.15) is 0 Å². The Labute approximate surface area is 97.6 Å². The van der Waals surface area contributed by atoms with E-state index in [0.29, 0.717) is 12.2 Å². The molecule has 0 aliphatic rings. The summed E-state index contributed by atoms with van der Waals surface area (Å²) in [6.45, 7) is 5.69. The summed E-state index contributed by atoms with van der Waals surface area (Å²) < 4.78 is 4.97. The Morgan fingerprint density at radius 3 is 2.20 bits per heavy atom. The molecule has 15 heavy (non-hydrogen) atoms. The topological polar surface area (TPSA) is 26.3 Å². The number of carbonyl (C=O) groups is 1. The van der Waals surface area contributed by atoms with Gasteiger partial charge in [-0.25, -0.2) is 4.79 Å². The van der Waals surface area contributed by atoms with Gasteiger partial charge in [0.25, 0.3) is 0 Å². The second kappa shape index (κ2) is 10.0. The van der Waals surface area contributed by atoms with Crippen molar-refractivity contribution in [1.82, 2.24) is 0 Å². The minimum absolute atomic E-state index is 0.280. The average Bonchev–Trinajstić information content (AvgIpc) is 2.21. The van der Waals surface area contributed by atoms with Crippen molar-refractivity contribution in [3.8, 4) is 0 Å². The van der Waals surface area contributed by atoms with Crippen molar-refractivity contribution in [3.63, 3.8) is 0 Å². The highest BCUT2D eigenvalue weighted by atomic mass is 35.5. The van der Waals surface area contributed by atoms with Crippen LogP contribution in [0.2, 0.25) is 0 Å². The van der Waals surface area contributed by atoms with E-state index in [1.54, 1.807) is 6.92 Å². The highest BCUT2D eigenvalue weighted by molar-refractivity contribution is 6.17. The molecule has 0 N–H and O–H groups in total. The van der Waals surface area contributed by atoms with Gasteiger partial charge in [0.1, 0.15) is 0 Å². The van der Waals surface area contributed by atoms with Crippen LogP contribution in [-0.4, -0.2) is 18.5 Å². The van der Waals surface area contributed by atoms with Gasteiger partial charge in [0.15, 0.2) is 0 Å². The fourth-order valence-electron chi connectivity index (χ4n) is 1.19. The van der Waals surface area contributed by atoms with Crippen LogP contribution in [0.1, 0.15) is 45.4 Å². The van der Waals surface area contributed by atoms with Crippen molar-refractivity contribution < 1.29 is 9.53 Å². The molecule has 0 bridgehead atoms. The first-order valence-electron chi connectivity index (χ1n) is 5.57. The molecular weight excluding hydrogens is 212 g/mol. The summed E-state index contributed by atoms with van der Waals surface area (Å²) in [4.78, 5) is 11.0. The number of rotatable bonds is 9. The van der Waals surface area contributed by atoms with Crippen LogP contribution in [0.3, 0.4) is 0 Å². The number of halogens is 1. The second-order valence-corrected chi connectivity index (χ2v) is 4.10. The maximum absolute atomic E-state index is 11.0. The standard InChI is InChI=1S/C12H21ClO2/c1-11(2)12(14)15-10-8-6-4-3-5-7-9-13/h1,3-10H2,2H3. The summed E-state index contributed by atoms with van der Waals surface area (Å²) in [6.07, 6.45) is 6.79. The number of ether oxygens (including phenoxy) is 1. The number of carbonyl (C=O) groups excluding carboxylic acids is 1. The van der Waals surface area contributed by atoms with Gasteiger partial charge in [0.05, 0.1) is 6.61 Å². The number of alkyl halides is 1. The van der Waals surface area contributed by atoms with E-state index in [1.165, 1.54) is 19.3 Å². The van der Waals surface area contributed by atoms with E-state index < -0.39 is 0 Å². The van der Waals surface area contributed by atoms with Gasteiger partial charge in [-0.3, -0.25) is 0 Å². The predicted octanol–water partition coefficient (Wildman–Crippen LogP) is 3.69. The molecule has 0 amide bonds. The Hall–Kier alpha value is -0.500. The Morgan fingerprint density at radius 2 is 1.67 bits per heavy atom. The normalized spacial score (nSPS) is 10.0. The average molecular weight is 233 g/mol. The molecule has 0 rings (SSSR count). The third-order valence-corrected chi connectivity index (χ3v) is 2.38. The zero-order chi connectivity index (χ0) is 11.5. The van der Waals surface area contributed by atoms with E-state index in [-0.39, 0.29) is 5.97 Å². The maximum atomic E-state index is 11.0. The van der Waals surface area contributed by atoms with Gasteiger partial charge >= 0.3 is 5.97 Å². The first-order chi connectivity index (χ1) is 7.18. The molecule has 0 aromatic carbocycles. The molecule has 0 heterocycles. The van der Waals surface area contributed by atoms with Crippen molar-refractivity contribution in [2.24, 2.45) is 0 Å². The lowest BCUT2D eigenvalue weighted by molar-refractivity contribution is -0.139. The van der Waals surface area contributed by atoms with Crippen molar-refractivity contribution in [1.29, 1.82) is 0 Å². The Balaban J connectivity index is 3.11. The van der Waals surface area contributed by atoms with E-state index in [9.17, 15) is 4.79 Å².